The molecule has 1 aromatic carbocycles. The summed E-state index contributed by atoms with van der Waals surface area (Å²) in [5.41, 5.74) is 4.46. The van der Waals surface area contributed by atoms with Gasteiger partial charge in [-0.2, -0.15) is 5.10 Å². The largest absolute Gasteiger partial charge is 0.357 e. The van der Waals surface area contributed by atoms with Crippen molar-refractivity contribution in [2.24, 2.45) is 10.9 Å². The van der Waals surface area contributed by atoms with Crippen LogP contribution in [0.15, 0.2) is 35.3 Å². The lowest BCUT2D eigenvalue weighted by atomic mass is 10.1. The second-order valence-corrected chi connectivity index (χ2v) is 8.42. The Labute approximate surface area is 197 Å². The maximum absolute atomic E-state index is 4.87. The monoisotopic (exact) mass is 522 g/mol. The maximum atomic E-state index is 4.87. The molecule has 2 aromatic rings. The minimum atomic E-state index is 0. The van der Waals surface area contributed by atoms with Gasteiger partial charge in [0, 0.05) is 31.4 Å². The van der Waals surface area contributed by atoms with Crippen LogP contribution in [0.1, 0.15) is 43.1 Å². The molecule has 1 aliphatic heterocycles. The molecule has 4 rings (SSSR count). The number of rotatable bonds is 7. The molecule has 2 heterocycles. The summed E-state index contributed by atoms with van der Waals surface area (Å²) in [4.78, 5) is 7.54. The van der Waals surface area contributed by atoms with Gasteiger partial charge < -0.3 is 15.5 Å². The fourth-order valence-corrected chi connectivity index (χ4v) is 4.27. The topological polar surface area (TPSA) is 57.5 Å². The van der Waals surface area contributed by atoms with Crippen LogP contribution in [0.2, 0.25) is 0 Å². The van der Waals surface area contributed by atoms with Crippen LogP contribution in [0, 0.1) is 19.8 Å². The normalized spacial score (nSPS) is 19.6. The van der Waals surface area contributed by atoms with E-state index in [1.807, 2.05) is 11.6 Å². The molecule has 164 valence electrons. The Morgan fingerprint density at radius 1 is 1.17 bits per heavy atom. The van der Waals surface area contributed by atoms with Crippen molar-refractivity contribution in [3.8, 4) is 5.69 Å². The predicted octanol–water partition coefficient (Wildman–Crippen LogP) is 3.65. The number of halogens is 1. The van der Waals surface area contributed by atoms with Crippen LogP contribution in [0.4, 0.5) is 0 Å². The van der Waals surface area contributed by atoms with Gasteiger partial charge in [-0.05, 0) is 70.2 Å². The molecule has 1 saturated heterocycles. The highest BCUT2D eigenvalue weighted by Crippen LogP contribution is 2.31. The van der Waals surface area contributed by atoms with Crippen molar-refractivity contribution in [3.63, 3.8) is 0 Å². The van der Waals surface area contributed by atoms with Gasteiger partial charge in [-0.3, -0.25) is 0 Å². The van der Waals surface area contributed by atoms with Gasteiger partial charge in [0.2, 0.25) is 0 Å². The first-order valence-corrected chi connectivity index (χ1v) is 11.0. The summed E-state index contributed by atoms with van der Waals surface area (Å²) < 4.78 is 2.02. The number of nitrogens with one attached hydrogen (secondary N) is 2. The zero-order valence-corrected chi connectivity index (χ0v) is 20.7. The Morgan fingerprint density at radius 3 is 2.67 bits per heavy atom. The van der Waals surface area contributed by atoms with Crippen LogP contribution in [0.5, 0.6) is 0 Å². The third-order valence-corrected chi connectivity index (χ3v) is 5.92. The minimum absolute atomic E-state index is 0. The number of benzene rings is 1. The molecule has 6 nitrogen and oxygen atoms in total. The highest BCUT2D eigenvalue weighted by molar-refractivity contribution is 14.0. The minimum Gasteiger partial charge on any atom is -0.357 e. The van der Waals surface area contributed by atoms with Crippen LogP contribution >= 0.6 is 24.0 Å². The first kappa shape index (κ1) is 23.1. The van der Waals surface area contributed by atoms with Gasteiger partial charge in [-0.15, -0.1) is 24.0 Å². The number of guanidine groups is 1. The standard InChI is InChI=1S/C23H34N6.HI/c1-4-24-23(25-14-19-11-12-28(16-19)21-9-10-21)26-15-20-7-5-6-8-22(20)29-18(3)13-17(2)27-29;/h5-8,13,19,21H,4,9-12,14-16H2,1-3H3,(H2,24,25,26);1H. The molecule has 7 heteroatoms. The second-order valence-electron chi connectivity index (χ2n) is 8.42. The van der Waals surface area contributed by atoms with Gasteiger partial charge in [0.1, 0.15) is 0 Å². The molecule has 1 aliphatic carbocycles. The molecule has 0 amide bonds. The summed E-state index contributed by atoms with van der Waals surface area (Å²) in [5, 5.41) is 11.6. The second kappa shape index (κ2) is 10.6. The van der Waals surface area contributed by atoms with Gasteiger partial charge in [0.05, 0.1) is 17.9 Å². The zero-order valence-electron chi connectivity index (χ0n) is 18.4. The fraction of sp³-hybridized carbons (Fsp3) is 0.565. The molecule has 30 heavy (non-hydrogen) atoms. The number of nitrogens with zero attached hydrogens (tertiary/aromatic N) is 4. The van der Waals surface area contributed by atoms with Crippen molar-refractivity contribution >= 4 is 29.9 Å². The third kappa shape index (κ3) is 5.75. The molecular weight excluding hydrogens is 487 g/mol. The van der Waals surface area contributed by atoms with Crippen molar-refractivity contribution in [2.75, 3.05) is 26.2 Å². The van der Waals surface area contributed by atoms with Gasteiger partial charge >= 0.3 is 0 Å². The predicted molar refractivity (Wildman–Crippen MR) is 134 cm³/mol. The molecule has 2 fully saturated rings. The lowest BCUT2D eigenvalue weighted by Crippen LogP contribution is -2.40. The van der Waals surface area contributed by atoms with E-state index in [2.05, 4.69) is 64.8 Å². The molecule has 1 aromatic heterocycles. The van der Waals surface area contributed by atoms with Crippen molar-refractivity contribution in [1.29, 1.82) is 0 Å². The Morgan fingerprint density at radius 2 is 1.97 bits per heavy atom. The van der Waals surface area contributed by atoms with E-state index >= 15 is 0 Å². The highest BCUT2D eigenvalue weighted by atomic mass is 127. The molecule has 1 unspecified atom stereocenters. The number of hydrogen-bond donors (Lipinski definition) is 2. The average Bonchev–Trinajstić information content (AvgIpc) is 3.36. The van der Waals surface area contributed by atoms with E-state index in [-0.39, 0.29) is 24.0 Å². The van der Waals surface area contributed by atoms with E-state index in [4.69, 9.17) is 4.99 Å². The number of aromatic nitrogens is 2. The van der Waals surface area contributed by atoms with Crippen molar-refractivity contribution in [1.82, 2.24) is 25.3 Å². The summed E-state index contributed by atoms with van der Waals surface area (Å²) in [6.45, 7) is 11.2. The average molecular weight is 522 g/mol. The van der Waals surface area contributed by atoms with E-state index in [9.17, 15) is 0 Å². The van der Waals surface area contributed by atoms with Crippen LogP contribution in [-0.2, 0) is 6.54 Å². The number of likely N-dealkylation sites (tertiary alicyclic amines) is 1. The van der Waals surface area contributed by atoms with E-state index in [0.29, 0.717) is 6.54 Å². The van der Waals surface area contributed by atoms with Crippen LogP contribution in [0.25, 0.3) is 5.69 Å². The molecule has 1 atom stereocenters. The fourth-order valence-electron chi connectivity index (χ4n) is 4.27. The lowest BCUT2D eigenvalue weighted by Gasteiger charge is -2.17. The number of hydrogen-bond acceptors (Lipinski definition) is 3. The highest BCUT2D eigenvalue weighted by Gasteiger charge is 2.34. The number of para-hydroxylation sites is 1. The first-order chi connectivity index (χ1) is 14.1. The summed E-state index contributed by atoms with van der Waals surface area (Å²) in [6, 6.07) is 11.4. The third-order valence-electron chi connectivity index (χ3n) is 5.92. The maximum Gasteiger partial charge on any atom is 0.191 e. The summed E-state index contributed by atoms with van der Waals surface area (Å²) in [5.74, 6) is 1.63. The van der Waals surface area contributed by atoms with Crippen LogP contribution < -0.4 is 10.6 Å². The van der Waals surface area contributed by atoms with E-state index in [1.165, 1.54) is 37.9 Å². The molecule has 2 N–H and O–H groups in total. The summed E-state index contributed by atoms with van der Waals surface area (Å²) in [6.07, 6.45) is 4.10. The number of aryl methyl sites for hydroxylation is 2. The molecule has 0 bridgehead atoms. The number of aliphatic imine (C=N–C) groups is 1. The quantitative estimate of drug-likeness (QED) is 0.331. The van der Waals surface area contributed by atoms with Crippen LogP contribution in [-0.4, -0.2) is 52.9 Å². The molecule has 2 aliphatic rings. The Bertz CT molecular complexity index is 857. The molecular formula is C23H35IN6. The first-order valence-electron chi connectivity index (χ1n) is 11.0. The Hall–Kier alpha value is -1.61. The van der Waals surface area contributed by atoms with Gasteiger partial charge in [0.15, 0.2) is 5.96 Å². The van der Waals surface area contributed by atoms with Gasteiger partial charge in [0.25, 0.3) is 0 Å². The smallest absolute Gasteiger partial charge is 0.191 e. The van der Waals surface area contributed by atoms with E-state index in [1.54, 1.807) is 0 Å². The Balaban J connectivity index is 0.00000256. The van der Waals surface area contributed by atoms with Crippen molar-refractivity contribution < 1.29 is 0 Å². The van der Waals surface area contributed by atoms with Crippen molar-refractivity contribution in [3.05, 3.63) is 47.3 Å². The van der Waals surface area contributed by atoms with Gasteiger partial charge in [-0.1, -0.05) is 18.2 Å². The Kier molecular flexibility index (Phi) is 8.16. The van der Waals surface area contributed by atoms with E-state index in [0.717, 1.165) is 48.1 Å². The molecule has 0 radical (unpaired) electrons. The summed E-state index contributed by atoms with van der Waals surface area (Å²) in [7, 11) is 0. The van der Waals surface area contributed by atoms with Crippen LogP contribution in [0.3, 0.4) is 0 Å². The zero-order chi connectivity index (χ0) is 20.2. The van der Waals surface area contributed by atoms with Gasteiger partial charge in [-0.25, -0.2) is 9.67 Å². The lowest BCUT2D eigenvalue weighted by molar-refractivity contribution is 0.314. The molecule has 1 saturated carbocycles. The van der Waals surface area contributed by atoms with Crippen molar-refractivity contribution in [2.45, 2.75) is 52.6 Å². The summed E-state index contributed by atoms with van der Waals surface area (Å²) >= 11 is 0. The SMILES string of the molecule is CCNC(=NCc1ccccc1-n1nc(C)cc1C)NCC1CCN(C2CC2)C1.I. The molecule has 0 spiro atoms. The van der Waals surface area contributed by atoms with E-state index < -0.39 is 0 Å².